The minimum atomic E-state index is -3.90. The number of rotatable bonds is 6. The van der Waals surface area contributed by atoms with Gasteiger partial charge in [0.25, 0.3) is 10.0 Å². The van der Waals surface area contributed by atoms with E-state index in [0.29, 0.717) is 54.8 Å². The number of benzene rings is 1. The fraction of sp³-hybridized carbons (Fsp3) is 0.200. The predicted octanol–water partition coefficient (Wildman–Crippen LogP) is 2.40. The third-order valence-corrected chi connectivity index (χ3v) is 6.92. The number of sulfonamides is 1. The molecule has 0 atom stereocenters. The largest absolute Gasteiger partial charge is 0.471 e. The molecule has 5 heterocycles. The number of imidazole rings is 1. The van der Waals surface area contributed by atoms with E-state index in [2.05, 4.69) is 14.9 Å². The van der Waals surface area contributed by atoms with E-state index in [0.717, 1.165) is 16.7 Å². The zero-order valence-electron chi connectivity index (χ0n) is 19.7. The zero-order valence-corrected chi connectivity index (χ0v) is 20.5. The minimum absolute atomic E-state index is 0.201. The molecule has 11 nitrogen and oxygen atoms in total. The maximum Gasteiger partial charge on any atom is 0.255 e. The molecule has 4 aromatic heterocycles. The van der Waals surface area contributed by atoms with E-state index in [1.54, 1.807) is 12.3 Å². The first-order valence-electron chi connectivity index (χ1n) is 11.6. The first-order chi connectivity index (χ1) is 18.0. The molecule has 12 heteroatoms. The third-order valence-electron chi connectivity index (χ3n) is 6.10. The summed E-state index contributed by atoms with van der Waals surface area (Å²) in [6, 6.07) is 14.7. The lowest BCUT2D eigenvalue weighted by Crippen LogP contribution is -2.37. The van der Waals surface area contributed by atoms with Crippen LogP contribution in [0, 0.1) is 0 Å². The Morgan fingerprint density at radius 2 is 1.81 bits per heavy atom. The van der Waals surface area contributed by atoms with E-state index < -0.39 is 10.0 Å². The molecule has 0 aliphatic carbocycles. The predicted molar refractivity (Wildman–Crippen MR) is 137 cm³/mol. The van der Waals surface area contributed by atoms with E-state index in [4.69, 9.17) is 24.6 Å². The molecule has 1 fully saturated rings. The second-order valence-corrected chi connectivity index (χ2v) is 10.1. The average Bonchev–Trinajstić information content (AvgIpc) is 3.36. The van der Waals surface area contributed by atoms with Crippen molar-refractivity contribution in [3.8, 4) is 17.1 Å². The van der Waals surface area contributed by atoms with E-state index in [-0.39, 0.29) is 11.6 Å². The van der Waals surface area contributed by atoms with Crippen LogP contribution in [-0.2, 0) is 21.4 Å². The van der Waals surface area contributed by atoms with Gasteiger partial charge in [-0.05, 0) is 24.3 Å². The molecule has 2 N–H and O–H groups in total. The van der Waals surface area contributed by atoms with Gasteiger partial charge in [-0.25, -0.2) is 33.5 Å². The minimum Gasteiger partial charge on any atom is -0.471 e. The summed E-state index contributed by atoms with van der Waals surface area (Å²) < 4.78 is 36.7. The number of morpholine rings is 1. The Morgan fingerprint density at radius 3 is 2.59 bits per heavy atom. The second kappa shape index (κ2) is 9.39. The highest BCUT2D eigenvalue weighted by atomic mass is 32.2. The fourth-order valence-electron chi connectivity index (χ4n) is 4.27. The topological polar surface area (TPSA) is 138 Å². The van der Waals surface area contributed by atoms with Crippen LogP contribution < -0.4 is 14.8 Å². The fourth-order valence-corrected chi connectivity index (χ4v) is 4.73. The molecule has 0 radical (unpaired) electrons. The van der Waals surface area contributed by atoms with Gasteiger partial charge in [0.2, 0.25) is 5.88 Å². The summed E-state index contributed by atoms with van der Waals surface area (Å²) in [7, 11) is -3.90. The SMILES string of the molecule is NS(=O)(=O)c1ccc(-c2cnc(N3CCOCC3)c3nc(COc4ccc5ccccc5n4)cn23)cn1. The molecule has 188 valence electrons. The van der Waals surface area contributed by atoms with E-state index in [1.165, 1.54) is 12.3 Å². The van der Waals surface area contributed by atoms with Gasteiger partial charge in [-0.2, -0.15) is 0 Å². The van der Waals surface area contributed by atoms with Crippen LogP contribution in [0.2, 0.25) is 0 Å². The number of primary sulfonamides is 1. The van der Waals surface area contributed by atoms with Gasteiger partial charge >= 0.3 is 0 Å². The number of nitrogens with zero attached hydrogens (tertiary/aromatic N) is 6. The lowest BCUT2D eigenvalue weighted by molar-refractivity contribution is 0.122. The summed E-state index contributed by atoms with van der Waals surface area (Å²) in [5.41, 5.74) is 3.56. The van der Waals surface area contributed by atoms with Gasteiger partial charge in [0.15, 0.2) is 16.5 Å². The van der Waals surface area contributed by atoms with Gasteiger partial charge in [0, 0.05) is 42.5 Å². The molecule has 6 rings (SSSR count). The Balaban J connectivity index is 1.37. The van der Waals surface area contributed by atoms with Gasteiger partial charge in [-0.3, -0.25) is 4.40 Å². The molecule has 37 heavy (non-hydrogen) atoms. The van der Waals surface area contributed by atoms with Crippen LogP contribution in [0.5, 0.6) is 5.88 Å². The summed E-state index contributed by atoms with van der Waals surface area (Å²) in [4.78, 5) is 20.3. The summed E-state index contributed by atoms with van der Waals surface area (Å²) in [6.45, 7) is 2.83. The van der Waals surface area contributed by atoms with Crippen LogP contribution in [0.3, 0.4) is 0 Å². The lowest BCUT2D eigenvalue weighted by atomic mass is 10.2. The maximum absolute atomic E-state index is 11.6. The Hall–Kier alpha value is -4.13. The molecular formula is C25H23N7O4S. The Morgan fingerprint density at radius 1 is 0.973 bits per heavy atom. The number of anilines is 1. The van der Waals surface area contributed by atoms with Gasteiger partial charge < -0.3 is 14.4 Å². The molecule has 1 aliphatic heterocycles. The number of pyridine rings is 2. The number of fused-ring (bicyclic) bond motifs is 2. The molecule has 1 aliphatic rings. The Labute approximate surface area is 212 Å². The number of ether oxygens (including phenoxy) is 2. The molecule has 5 aromatic rings. The molecule has 0 bridgehead atoms. The smallest absolute Gasteiger partial charge is 0.255 e. The molecule has 0 unspecified atom stereocenters. The van der Waals surface area contributed by atoms with Crippen molar-refractivity contribution in [3.63, 3.8) is 0 Å². The van der Waals surface area contributed by atoms with Crippen molar-refractivity contribution in [1.29, 1.82) is 0 Å². The van der Waals surface area contributed by atoms with E-state index >= 15 is 0 Å². The summed E-state index contributed by atoms with van der Waals surface area (Å²) >= 11 is 0. The monoisotopic (exact) mass is 517 g/mol. The van der Waals surface area contributed by atoms with Crippen molar-refractivity contribution in [2.75, 3.05) is 31.2 Å². The lowest BCUT2D eigenvalue weighted by Gasteiger charge is -2.28. The van der Waals surface area contributed by atoms with Crippen LogP contribution in [0.1, 0.15) is 5.69 Å². The summed E-state index contributed by atoms with van der Waals surface area (Å²) in [5, 5.41) is 6.04. The first kappa shape index (κ1) is 23.3. The highest BCUT2D eigenvalue weighted by Crippen LogP contribution is 2.27. The van der Waals surface area contributed by atoms with Crippen molar-refractivity contribution in [3.05, 3.63) is 72.8 Å². The second-order valence-electron chi connectivity index (χ2n) is 8.55. The molecule has 0 amide bonds. The van der Waals surface area contributed by atoms with Gasteiger partial charge in [0.1, 0.15) is 6.61 Å². The summed E-state index contributed by atoms with van der Waals surface area (Å²) in [6.07, 6.45) is 5.06. The molecule has 1 saturated heterocycles. The highest BCUT2D eigenvalue weighted by molar-refractivity contribution is 7.89. The van der Waals surface area contributed by atoms with Crippen LogP contribution in [-0.4, -0.2) is 59.1 Å². The number of para-hydroxylation sites is 1. The van der Waals surface area contributed by atoms with Crippen molar-refractivity contribution in [2.24, 2.45) is 5.14 Å². The summed E-state index contributed by atoms with van der Waals surface area (Å²) in [5.74, 6) is 1.24. The molecule has 1 aromatic carbocycles. The van der Waals surface area contributed by atoms with Crippen molar-refractivity contribution in [2.45, 2.75) is 11.6 Å². The zero-order chi connectivity index (χ0) is 25.4. The van der Waals surface area contributed by atoms with Crippen LogP contribution >= 0.6 is 0 Å². The molecular weight excluding hydrogens is 494 g/mol. The van der Waals surface area contributed by atoms with Crippen molar-refractivity contribution >= 4 is 32.4 Å². The Bertz CT molecular complexity index is 1700. The van der Waals surface area contributed by atoms with Crippen molar-refractivity contribution in [1.82, 2.24) is 24.3 Å². The highest BCUT2D eigenvalue weighted by Gasteiger charge is 2.20. The van der Waals surface area contributed by atoms with Crippen LogP contribution in [0.25, 0.3) is 27.8 Å². The number of hydrogen-bond donors (Lipinski definition) is 1. The van der Waals surface area contributed by atoms with Crippen molar-refractivity contribution < 1.29 is 17.9 Å². The normalized spacial score (nSPS) is 14.4. The molecule has 0 spiro atoms. The number of aromatic nitrogens is 5. The van der Waals surface area contributed by atoms with Gasteiger partial charge in [-0.15, -0.1) is 0 Å². The van der Waals surface area contributed by atoms with Crippen LogP contribution in [0.15, 0.2) is 72.1 Å². The first-order valence-corrected chi connectivity index (χ1v) is 13.2. The van der Waals surface area contributed by atoms with E-state index in [9.17, 15) is 8.42 Å². The standard InChI is InChI=1S/C25H23N7O4S/c26-37(33,34)23-8-6-18(13-27-23)21-14-28-24(31-9-11-35-12-10-31)25-29-19(15-32(21)25)16-36-22-7-5-17-3-1-2-4-20(17)30-22/h1-8,13-15H,9-12,16H2,(H2,26,33,34). The van der Waals surface area contributed by atoms with Gasteiger partial charge in [0.05, 0.1) is 36.3 Å². The number of nitrogens with two attached hydrogens (primary N) is 1. The van der Waals surface area contributed by atoms with E-state index in [1.807, 2.05) is 47.0 Å². The quantitative estimate of drug-likeness (QED) is 0.360. The Kier molecular flexibility index (Phi) is 5.91. The molecule has 0 saturated carbocycles. The number of hydrogen-bond acceptors (Lipinski definition) is 9. The average molecular weight is 518 g/mol. The maximum atomic E-state index is 11.6. The van der Waals surface area contributed by atoms with Gasteiger partial charge in [-0.1, -0.05) is 18.2 Å². The van der Waals surface area contributed by atoms with Crippen LogP contribution in [0.4, 0.5) is 5.82 Å². The third kappa shape index (κ3) is 4.69.